The Morgan fingerprint density at radius 1 is 1.47 bits per heavy atom. The van der Waals surface area contributed by atoms with Crippen LogP contribution in [0.25, 0.3) is 0 Å². The average Bonchev–Trinajstić information content (AvgIpc) is 3.06. The maximum Gasteiger partial charge on any atom is 0.360 e. The van der Waals surface area contributed by atoms with Crippen molar-refractivity contribution >= 4 is 11.8 Å². The largest absolute Gasteiger partial charge is 0.464 e. The molecule has 0 amide bonds. The van der Waals surface area contributed by atoms with E-state index in [0.29, 0.717) is 11.7 Å². The number of esters is 1. The summed E-state index contributed by atoms with van der Waals surface area (Å²) >= 11 is 0. The molecule has 2 N–H and O–H groups in total. The molecular formula is C13H19N3O3. The third kappa shape index (κ3) is 2.00. The van der Waals surface area contributed by atoms with E-state index in [-0.39, 0.29) is 17.8 Å². The van der Waals surface area contributed by atoms with Crippen LogP contribution in [-0.2, 0) is 9.47 Å². The van der Waals surface area contributed by atoms with Crippen molar-refractivity contribution in [1.82, 2.24) is 9.55 Å². The van der Waals surface area contributed by atoms with Gasteiger partial charge in [0.15, 0.2) is 5.69 Å². The molecule has 0 spiro atoms. The molecule has 2 atom stereocenters. The van der Waals surface area contributed by atoms with E-state index >= 15 is 0 Å². The number of imidazole rings is 1. The molecule has 6 nitrogen and oxygen atoms in total. The Balaban J connectivity index is 1.95. The molecule has 0 aromatic carbocycles. The maximum atomic E-state index is 11.6. The summed E-state index contributed by atoms with van der Waals surface area (Å²) in [6.07, 6.45) is 3.57. The van der Waals surface area contributed by atoms with Gasteiger partial charge >= 0.3 is 5.97 Å². The number of nitrogens with zero attached hydrogens (tertiary/aromatic N) is 2. The van der Waals surface area contributed by atoms with Crippen LogP contribution >= 0.6 is 0 Å². The number of carbonyl (C=O) groups excluding carboxylic acids is 1. The standard InChI is InChI=1S/C13H19N3O3/c1-7-15-10(13(17)18-2)12(14)16(7)9-5-6-19-11(9)8-3-4-8/h8-9,11H,3-6,14H2,1-2H3. The van der Waals surface area contributed by atoms with Gasteiger partial charge in [-0.3, -0.25) is 0 Å². The minimum Gasteiger partial charge on any atom is -0.464 e. The van der Waals surface area contributed by atoms with Gasteiger partial charge in [0.2, 0.25) is 0 Å². The normalized spacial score (nSPS) is 26.6. The predicted molar refractivity (Wildman–Crippen MR) is 68.8 cm³/mol. The Morgan fingerprint density at radius 2 is 2.21 bits per heavy atom. The number of methoxy groups -OCH3 is 1. The van der Waals surface area contributed by atoms with Crippen molar-refractivity contribution in [3.63, 3.8) is 0 Å². The molecule has 1 saturated carbocycles. The van der Waals surface area contributed by atoms with Crippen LogP contribution in [0.1, 0.15) is 41.6 Å². The summed E-state index contributed by atoms with van der Waals surface area (Å²) in [4.78, 5) is 15.9. The number of ether oxygens (including phenoxy) is 2. The Kier molecular flexibility index (Phi) is 2.97. The van der Waals surface area contributed by atoms with Gasteiger partial charge in [0, 0.05) is 6.61 Å². The Morgan fingerprint density at radius 3 is 2.84 bits per heavy atom. The van der Waals surface area contributed by atoms with Crippen LogP contribution in [-0.4, -0.2) is 35.3 Å². The third-order valence-electron chi connectivity index (χ3n) is 4.02. The van der Waals surface area contributed by atoms with Gasteiger partial charge in [-0.05, 0) is 32.1 Å². The van der Waals surface area contributed by atoms with Crippen LogP contribution in [0.15, 0.2) is 0 Å². The Bertz CT molecular complexity index is 507. The first kappa shape index (κ1) is 12.5. The Labute approximate surface area is 111 Å². The Hall–Kier alpha value is -1.56. The fourth-order valence-electron chi connectivity index (χ4n) is 2.98. The lowest BCUT2D eigenvalue weighted by atomic mass is 10.1. The van der Waals surface area contributed by atoms with Crippen LogP contribution in [0, 0.1) is 12.8 Å². The molecule has 19 heavy (non-hydrogen) atoms. The van der Waals surface area contributed by atoms with Gasteiger partial charge in [-0.15, -0.1) is 0 Å². The summed E-state index contributed by atoms with van der Waals surface area (Å²) in [6.45, 7) is 2.61. The van der Waals surface area contributed by atoms with Crippen molar-refractivity contribution in [2.45, 2.75) is 38.3 Å². The van der Waals surface area contributed by atoms with E-state index in [1.807, 2.05) is 11.5 Å². The number of nitrogens with two attached hydrogens (primary N) is 1. The van der Waals surface area contributed by atoms with E-state index in [9.17, 15) is 4.79 Å². The average molecular weight is 265 g/mol. The zero-order valence-electron chi connectivity index (χ0n) is 11.3. The number of nitrogen functional groups attached to an aromatic ring is 1. The van der Waals surface area contributed by atoms with E-state index < -0.39 is 5.97 Å². The fourth-order valence-corrected chi connectivity index (χ4v) is 2.98. The van der Waals surface area contributed by atoms with Gasteiger partial charge in [-0.2, -0.15) is 0 Å². The van der Waals surface area contributed by atoms with Crippen molar-refractivity contribution < 1.29 is 14.3 Å². The molecule has 1 aliphatic carbocycles. The second-order valence-electron chi connectivity index (χ2n) is 5.28. The summed E-state index contributed by atoms with van der Waals surface area (Å²) in [7, 11) is 1.34. The quantitative estimate of drug-likeness (QED) is 0.833. The van der Waals surface area contributed by atoms with Crippen LogP contribution in [0.4, 0.5) is 5.82 Å². The molecule has 1 aromatic rings. The minimum atomic E-state index is -0.485. The van der Waals surface area contributed by atoms with E-state index in [2.05, 4.69) is 4.98 Å². The summed E-state index contributed by atoms with van der Waals surface area (Å²) in [5.41, 5.74) is 6.30. The molecule has 6 heteroatoms. The molecule has 0 bridgehead atoms. The number of rotatable bonds is 3. The summed E-state index contributed by atoms with van der Waals surface area (Å²) in [5, 5.41) is 0. The molecule has 1 aromatic heterocycles. The molecular weight excluding hydrogens is 246 g/mol. The number of aromatic nitrogens is 2. The van der Waals surface area contributed by atoms with Gasteiger partial charge in [0.25, 0.3) is 0 Å². The third-order valence-corrected chi connectivity index (χ3v) is 4.02. The van der Waals surface area contributed by atoms with Gasteiger partial charge in [-0.1, -0.05) is 0 Å². The molecule has 104 valence electrons. The van der Waals surface area contributed by atoms with Gasteiger partial charge in [-0.25, -0.2) is 9.78 Å². The highest BCUT2D eigenvalue weighted by atomic mass is 16.5. The molecule has 0 radical (unpaired) electrons. The van der Waals surface area contributed by atoms with Crippen LogP contribution < -0.4 is 5.73 Å². The number of aryl methyl sites for hydroxylation is 1. The van der Waals surface area contributed by atoms with E-state index in [4.69, 9.17) is 15.2 Å². The van der Waals surface area contributed by atoms with E-state index in [0.717, 1.165) is 18.9 Å². The van der Waals surface area contributed by atoms with E-state index in [1.54, 1.807) is 0 Å². The number of anilines is 1. The summed E-state index contributed by atoms with van der Waals surface area (Å²) in [5.74, 6) is 1.29. The van der Waals surface area contributed by atoms with Crippen LogP contribution in [0.2, 0.25) is 0 Å². The topological polar surface area (TPSA) is 79.4 Å². The second-order valence-corrected chi connectivity index (χ2v) is 5.28. The smallest absolute Gasteiger partial charge is 0.360 e. The first-order chi connectivity index (χ1) is 9.13. The zero-order chi connectivity index (χ0) is 13.6. The molecule has 3 rings (SSSR count). The first-order valence-corrected chi connectivity index (χ1v) is 6.67. The molecule has 2 aliphatic rings. The highest BCUT2D eigenvalue weighted by Crippen LogP contribution is 2.44. The lowest BCUT2D eigenvalue weighted by Crippen LogP contribution is -2.24. The maximum absolute atomic E-state index is 11.6. The lowest BCUT2D eigenvalue weighted by molar-refractivity contribution is 0.0595. The van der Waals surface area contributed by atoms with Gasteiger partial charge in [0.05, 0.1) is 19.3 Å². The monoisotopic (exact) mass is 265 g/mol. The fraction of sp³-hybridized carbons (Fsp3) is 0.692. The van der Waals surface area contributed by atoms with Crippen molar-refractivity contribution in [2.24, 2.45) is 5.92 Å². The number of hydrogen-bond donors (Lipinski definition) is 1. The minimum absolute atomic E-state index is 0.193. The number of hydrogen-bond acceptors (Lipinski definition) is 5. The van der Waals surface area contributed by atoms with Crippen molar-refractivity contribution in [2.75, 3.05) is 19.5 Å². The van der Waals surface area contributed by atoms with E-state index in [1.165, 1.54) is 20.0 Å². The van der Waals surface area contributed by atoms with Crippen molar-refractivity contribution in [1.29, 1.82) is 0 Å². The second kappa shape index (κ2) is 4.52. The molecule has 1 saturated heterocycles. The highest BCUT2D eigenvalue weighted by Gasteiger charge is 2.42. The lowest BCUT2D eigenvalue weighted by Gasteiger charge is -2.22. The van der Waals surface area contributed by atoms with Gasteiger partial charge in [0.1, 0.15) is 11.6 Å². The number of carbonyl (C=O) groups is 1. The molecule has 1 aliphatic heterocycles. The highest BCUT2D eigenvalue weighted by molar-refractivity contribution is 5.92. The van der Waals surface area contributed by atoms with Crippen LogP contribution in [0.5, 0.6) is 0 Å². The van der Waals surface area contributed by atoms with Gasteiger partial charge < -0.3 is 19.8 Å². The first-order valence-electron chi connectivity index (χ1n) is 6.67. The molecule has 2 unspecified atom stereocenters. The SMILES string of the molecule is COC(=O)c1nc(C)n(C2CCOC2C2CC2)c1N. The molecule has 2 fully saturated rings. The summed E-state index contributed by atoms with van der Waals surface area (Å²) < 4.78 is 12.5. The summed E-state index contributed by atoms with van der Waals surface area (Å²) in [6, 6.07) is 0.193. The van der Waals surface area contributed by atoms with Crippen molar-refractivity contribution in [3.05, 3.63) is 11.5 Å². The zero-order valence-corrected chi connectivity index (χ0v) is 11.3. The molecule has 2 heterocycles. The van der Waals surface area contributed by atoms with Crippen LogP contribution in [0.3, 0.4) is 0 Å². The predicted octanol–water partition coefficient (Wildman–Crippen LogP) is 1.30. The van der Waals surface area contributed by atoms with Crippen molar-refractivity contribution in [3.8, 4) is 0 Å².